The van der Waals surface area contributed by atoms with Crippen LogP contribution in [0.25, 0.3) is 0 Å². The smallest absolute Gasteiger partial charge is 0.396 e. The number of aliphatic hydroxyl groups excluding tert-OH is 1. The van der Waals surface area contributed by atoms with E-state index in [9.17, 15) is 18.0 Å². The Bertz CT molecular complexity index is 438. The number of anilines is 1. The number of urea groups is 1. The van der Waals surface area contributed by atoms with Gasteiger partial charge in [-0.1, -0.05) is 0 Å². The lowest BCUT2D eigenvalue weighted by atomic mass is 10.2. The van der Waals surface area contributed by atoms with Gasteiger partial charge in [0.15, 0.2) is 0 Å². The summed E-state index contributed by atoms with van der Waals surface area (Å²) >= 11 is 1.60. The molecule has 1 aromatic carbocycles. The first kappa shape index (κ1) is 17.6. The standard InChI is InChI=1S/C13H17F3N2O2S/c14-13(15,16)10-2-4-11(5-3-10)18-12(20)17-6-9-21-8-1-7-19/h2-5,19H,1,6-9H2,(H2,17,18,20). The van der Waals surface area contributed by atoms with E-state index in [0.717, 1.165) is 17.9 Å². The molecular formula is C13H17F3N2O2S. The molecule has 0 atom stereocenters. The van der Waals surface area contributed by atoms with Gasteiger partial charge in [-0.2, -0.15) is 24.9 Å². The SMILES string of the molecule is O=C(NCCSCCCO)Nc1ccc(C(F)(F)F)cc1. The third-order valence-electron chi connectivity index (χ3n) is 2.45. The Morgan fingerprint density at radius 2 is 1.86 bits per heavy atom. The molecule has 0 aliphatic carbocycles. The van der Waals surface area contributed by atoms with Crippen molar-refractivity contribution in [3.8, 4) is 0 Å². The third-order valence-corrected chi connectivity index (χ3v) is 3.52. The molecule has 0 aliphatic rings. The summed E-state index contributed by atoms with van der Waals surface area (Å²) in [5.74, 6) is 1.53. The number of hydrogen-bond donors (Lipinski definition) is 3. The average Bonchev–Trinajstić information content (AvgIpc) is 2.42. The number of thioether (sulfide) groups is 1. The van der Waals surface area contributed by atoms with Crippen LogP contribution in [0.3, 0.4) is 0 Å². The molecular weight excluding hydrogens is 305 g/mol. The van der Waals surface area contributed by atoms with Crippen LogP contribution in [0.4, 0.5) is 23.7 Å². The van der Waals surface area contributed by atoms with Gasteiger partial charge in [-0.05, 0) is 36.4 Å². The Kier molecular flexibility index (Phi) is 7.38. The van der Waals surface area contributed by atoms with E-state index in [0.29, 0.717) is 24.4 Å². The van der Waals surface area contributed by atoms with E-state index in [1.165, 1.54) is 12.1 Å². The maximum Gasteiger partial charge on any atom is 0.416 e. The number of rotatable bonds is 7. The molecule has 0 bridgehead atoms. The summed E-state index contributed by atoms with van der Waals surface area (Å²) in [5, 5.41) is 13.6. The molecule has 1 aromatic rings. The Balaban J connectivity index is 2.28. The number of aliphatic hydroxyl groups is 1. The van der Waals surface area contributed by atoms with E-state index in [2.05, 4.69) is 10.6 Å². The number of carbonyl (C=O) groups excluding carboxylic acids is 1. The van der Waals surface area contributed by atoms with Crippen LogP contribution >= 0.6 is 11.8 Å². The number of halogens is 3. The zero-order valence-electron chi connectivity index (χ0n) is 11.2. The monoisotopic (exact) mass is 322 g/mol. The number of nitrogens with one attached hydrogen (secondary N) is 2. The zero-order valence-corrected chi connectivity index (χ0v) is 12.1. The van der Waals surface area contributed by atoms with Gasteiger partial charge in [0.25, 0.3) is 0 Å². The van der Waals surface area contributed by atoms with Crippen molar-refractivity contribution in [3.63, 3.8) is 0 Å². The highest BCUT2D eigenvalue weighted by Crippen LogP contribution is 2.29. The van der Waals surface area contributed by atoms with Crippen molar-refractivity contribution in [1.82, 2.24) is 5.32 Å². The third kappa shape index (κ3) is 7.24. The number of hydrogen-bond acceptors (Lipinski definition) is 3. The minimum absolute atomic E-state index is 0.148. The summed E-state index contributed by atoms with van der Waals surface area (Å²) < 4.78 is 37.1. The van der Waals surface area contributed by atoms with E-state index in [-0.39, 0.29) is 6.61 Å². The number of alkyl halides is 3. The zero-order chi connectivity index (χ0) is 15.7. The molecule has 118 valence electrons. The highest BCUT2D eigenvalue weighted by atomic mass is 32.2. The highest BCUT2D eigenvalue weighted by Gasteiger charge is 2.29. The van der Waals surface area contributed by atoms with E-state index < -0.39 is 17.8 Å². The molecule has 0 saturated heterocycles. The molecule has 2 amide bonds. The van der Waals surface area contributed by atoms with Crippen LogP contribution in [-0.2, 0) is 6.18 Å². The van der Waals surface area contributed by atoms with E-state index >= 15 is 0 Å². The van der Waals surface area contributed by atoms with Gasteiger partial charge in [-0.25, -0.2) is 4.79 Å². The van der Waals surface area contributed by atoms with Crippen molar-refractivity contribution in [2.24, 2.45) is 0 Å². The lowest BCUT2D eigenvalue weighted by Gasteiger charge is -2.09. The second-order valence-corrected chi connectivity index (χ2v) is 5.37. The van der Waals surface area contributed by atoms with Gasteiger partial charge in [0.1, 0.15) is 0 Å². The van der Waals surface area contributed by atoms with Crippen LogP contribution in [0.1, 0.15) is 12.0 Å². The number of carbonyl (C=O) groups is 1. The molecule has 0 aromatic heterocycles. The second kappa shape index (κ2) is 8.78. The first-order valence-corrected chi connectivity index (χ1v) is 7.49. The van der Waals surface area contributed by atoms with Crippen molar-refractivity contribution in [2.75, 3.05) is 30.0 Å². The molecule has 0 saturated carbocycles. The molecule has 0 fully saturated rings. The van der Waals surface area contributed by atoms with Gasteiger partial charge < -0.3 is 15.7 Å². The van der Waals surface area contributed by atoms with E-state index in [1.54, 1.807) is 11.8 Å². The summed E-state index contributed by atoms with van der Waals surface area (Å²) in [7, 11) is 0. The van der Waals surface area contributed by atoms with Crippen LogP contribution in [0.2, 0.25) is 0 Å². The maximum atomic E-state index is 12.4. The van der Waals surface area contributed by atoms with Gasteiger partial charge in [-0.3, -0.25) is 0 Å². The normalized spacial score (nSPS) is 11.2. The molecule has 21 heavy (non-hydrogen) atoms. The van der Waals surface area contributed by atoms with Crippen LogP contribution in [0.15, 0.2) is 24.3 Å². The molecule has 0 heterocycles. The van der Waals surface area contributed by atoms with Crippen molar-refractivity contribution in [3.05, 3.63) is 29.8 Å². The van der Waals surface area contributed by atoms with Gasteiger partial charge in [-0.15, -0.1) is 0 Å². The largest absolute Gasteiger partial charge is 0.416 e. The minimum atomic E-state index is -4.38. The van der Waals surface area contributed by atoms with Crippen LogP contribution < -0.4 is 10.6 Å². The predicted octanol–water partition coefficient (Wildman–Crippen LogP) is 2.94. The summed E-state index contributed by atoms with van der Waals surface area (Å²) in [4.78, 5) is 11.5. The predicted molar refractivity (Wildman–Crippen MR) is 77.5 cm³/mol. The molecule has 0 aliphatic heterocycles. The van der Waals surface area contributed by atoms with Gasteiger partial charge in [0.2, 0.25) is 0 Å². The number of amides is 2. The quantitative estimate of drug-likeness (QED) is 0.677. The van der Waals surface area contributed by atoms with Crippen LogP contribution in [0, 0.1) is 0 Å². The van der Waals surface area contributed by atoms with Gasteiger partial charge >= 0.3 is 12.2 Å². The minimum Gasteiger partial charge on any atom is -0.396 e. The van der Waals surface area contributed by atoms with E-state index in [4.69, 9.17) is 5.11 Å². The Labute approximate surface area is 125 Å². The molecule has 3 N–H and O–H groups in total. The van der Waals surface area contributed by atoms with E-state index in [1.807, 2.05) is 0 Å². The topological polar surface area (TPSA) is 61.4 Å². The molecule has 0 spiro atoms. The van der Waals surface area contributed by atoms with Crippen LogP contribution in [0.5, 0.6) is 0 Å². The second-order valence-electron chi connectivity index (χ2n) is 4.15. The lowest BCUT2D eigenvalue weighted by molar-refractivity contribution is -0.137. The first-order valence-electron chi connectivity index (χ1n) is 6.34. The Morgan fingerprint density at radius 3 is 2.43 bits per heavy atom. The summed E-state index contributed by atoms with van der Waals surface area (Å²) in [6.45, 7) is 0.595. The van der Waals surface area contributed by atoms with Crippen molar-refractivity contribution in [1.29, 1.82) is 0 Å². The molecule has 0 unspecified atom stereocenters. The lowest BCUT2D eigenvalue weighted by Crippen LogP contribution is -2.30. The molecule has 8 heteroatoms. The summed E-state index contributed by atoms with van der Waals surface area (Å²) in [6, 6.07) is 3.79. The summed E-state index contributed by atoms with van der Waals surface area (Å²) in [6.07, 6.45) is -3.67. The fourth-order valence-corrected chi connectivity index (χ4v) is 2.21. The molecule has 1 rings (SSSR count). The highest BCUT2D eigenvalue weighted by molar-refractivity contribution is 7.99. The maximum absolute atomic E-state index is 12.4. The summed E-state index contributed by atoms with van der Waals surface area (Å²) in [5.41, 5.74) is -0.456. The fourth-order valence-electron chi connectivity index (χ4n) is 1.42. The van der Waals surface area contributed by atoms with Gasteiger partial charge in [0, 0.05) is 24.6 Å². The Hall–Kier alpha value is -1.41. The Morgan fingerprint density at radius 1 is 1.19 bits per heavy atom. The van der Waals surface area contributed by atoms with Crippen molar-refractivity contribution < 1.29 is 23.1 Å². The molecule has 0 radical (unpaired) electrons. The van der Waals surface area contributed by atoms with Crippen molar-refractivity contribution >= 4 is 23.5 Å². The first-order chi connectivity index (χ1) is 9.93. The fraction of sp³-hybridized carbons (Fsp3) is 0.462. The van der Waals surface area contributed by atoms with Gasteiger partial charge in [0.05, 0.1) is 5.56 Å². The molecule has 4 nitrogen and oxygen atoms in total. The van der Waals surface area contributed by atoms with Crippen LogP contribution in [-0.4, -0.2) is 35.8 Å². The van der Waals surface area contributed by atoms with Crippen molar-refractivity contribution in [2.45, 2.75) is 12.6 Å². The average molecular weight is 322 g/mol. The number of benzene rings is 1.